The molecule has 0 bridgehead atoms. The van der Waals surface area contributed by atoms with Crippen LogP contribution in [0.15, 0.2) is 17.3 Å². The lowest BCUT2D eigenvalue weighted by atomic mass is 10.3. The van der Waals surface area contributed by atoms with Gasteiger partial charge in [-0.3, -0.25) is 18.8 Å². The highest BCUT2D eigenvalue weighted by molar-refractivity contribution is 5.77. The monoisotopic (exact) mass is 279 g/mol. The van der Waals surface area contributed by atoms with E-state index in [4.69, 9.17) is 4.74 Å². The molecule has 2 aromatic rings. The van der Waals surface area contributed by atoms with Gasteiger partial charge in [0, 0.05) is 20.2 Å². The van der Waals surface area contributed by atoms with E-state index in [1.165, 1.54) is 21.8 Å². The number of carbonyl (C=O) groups excluding carboxylic acids is 1. The third-order valence-electron chi connectivity index (χ3n) is 2.86. The fraction of sp³-hybridized carbons (Fsp3) is 0.500. The molecular formula is C12H17N5O3. The van der Waals surface area contributed by atoms with Gasteiger partial charge in [0.2, 0.25) is 5.91 Å². The maximum absolute atomic E-state index is 12.2. The predicted molar refractivity (Wildman–Crippen MR) is 72.2 cm³/mol. The Bertz CT molecular complexity index is 675. The SMILES string of the molecule is COC[C@@H](C)NC(=O)Cn1cnc2c(cnn2C)c1=O. The number of nitrogens with one attached hydrogen (secondary N) is 1. The minimum Gasteiger partial charge on any atom is -0.383 e. The summed E-state index contributed by atoms with van der Waals surface area (Å²) >= 11 is 0. The highest BCUT2D eigenvalue weighted by Gasteiger charge is 2.12. The summed E-state index contributed by atoms with van der Waals surface area (Å²) < 4.78 is 7.71. The Morgan fingerprint density at radius 2 is 2.30 bits per heavy atom. The van der Waals surface area contributed by atoms with Crippen molar-refractivity contribution in [3.8, 4) is 0 Å². The number of methoxy groups -OCH3 is 1. The Kier molecular flexibility index (Phi) is 4.14. The summed E-state index contributed by atoms with van der Waals surface area (Å²) in [7, 11) is 3.27. The van der Waals surface area contributed by atoms with Crippen molar-refractivity contribution >= 4 is 16.9 Å². The van der Waals surface area contributed by atoms with E-state index in [0.717, 1.165) is 0 Å². The molecule has 108 valence electrons. The van der Waals surface area contributed by atoms with Crippen LogP contribution in [0.5, 0.6) is 0 Å². The Labute approximate surface area is 115 Å². The number of aromatic nitrogens is 4. The van der Waals surface area contributed by atoms with Crippen LogP contribution in [0.3, 0.4) is 0 Å². The van der Waals surface area contributed by atoms with Gasteiger partial charge in [-0.15, -0.1) is 0 Å². The van der Waals surface area contributed by atoms with Crippen LogP contribution in [0, 0.1) is 0 Å². The van der Waals surface area contributed by atoms with E-state index in [9.17, 15) is 9.59 Å². The molecule has 1 N–H and O–H groups in total. The fourth-order valence-electron chi connectivity index (χ4n) is 1.95. The van der Waals surface area contributed by atoms with Crippen molar-refractivity contribution in [2.24, 2.45) is 7.05 Å². The number of nitrogens with zero attached hydrogens (tertiary/aromatic N) is 4. The molecule has 0 spiro atoms. The zero-order chi connectivity index (χ0) is 14.7. The van der Waals surface area contributed by atoms with Gasteiger partial charge in [0.25, 0.3) is 5.56 Å². The molecule has 0 unspecified atom stereocenters. The average Bonchev–Trinajstić information content (AvgIpc) is 2.75. The molecule has 0 radical (unpaired) electrons. The quantitative estimate of drug-likeness (QED) is 0.780. The molecule has 2 rings (SSSR count). The molecule has 8 heteroatoms. The zero-order valence-electron chi connectivity index (χ0n) is 11.7. The first-order valence-corrected chi connectivity index (χ1v) is 6.18. The lowest BCUT2D eigenvalue weighted by Crippen LogP contribution is -2.39. The highest BCUT2D eigenvalue weighted by atomic mass is 16.5. The summed E-state index contributed by atoms with van der Waals surface area (Å²) in [6.45, 7) is 2.16. The average molecular weight is 279 g/mol. The zero-order valence-corrected chi connectivity index (χ0v) is 11.7. The van der Waals surface area contributed by atoms with Crippen LogP contribution in [0.25, 0.3) is 11.0 Å². The van der Waals surface area contributed by atoms with Crippen LogP contribution in [0.2, 0.25) is 0 Å². The van der Waals surface area contributed by atoms with Crippen molar-refractivity contribution in [1.29, 1.82) is 0 Å². The first-order chi connectivity index (χ1) is 9.52. The molecule has 1 amide bonds. The number of ether oxygens (including phenoxy) is 1. The van der Waals surface area contributed by atoms with Gasteiger partial charge in [-0.05, 0) is 6.92 Å². The van der Waals surface area contributed by atoms with E-state index < -0.39 is 0 Å². The fourth-order valence-corrected chi connectivity index (χ4v) is 1.95. The van der Waals surface area contributed by atoms with E-state index in [1.807, 2.05) is 6.92 Å². The molecule has 0 aliphatic carbocycles. The largest absolute Gasteiger partial charge is 0.383 e. The number of hydrogen-bond donors (Lipinski definition) is 1. The molecule has 1 atom stereocenters. The van der Waals surface area contributed by atoms with Gasteiger partial charge < -0.3 is 10.1 Å². The van der Waals surface area contributed by atoms with E-state index >= 15 is 0 Å². The smallest absolute Gasteiger partial charge is 0.264 e. The summed E-state index contributed by atoms with van der Waals surface area (Å²) in [6.07, 6.45) is 2.81. The predicted octanol–water partition coefficient (Wildman–Crippen LogP) is -0.719. The number of carbonyl (C=O) groups is 1. The lowest BCUT2D eigenvalue weighted by Gasteiger charge is -2.13. The highest BCUT2D eigenvalue weighted by Crippen LogP contribution is 2.02. The normalized spacial score (nSPS) is 12.6. The van der Waals surface area contributed by atoms with Crippen LogP contribution in [-0.2, 0) is 23.1 Å². The van der Waals surface area contributed by atoms with Crippen molar-refractivity contribution < 1.29 is 9.53 Å². The summed E-state index contributed by atoms with van der Waals surface area (Å²) in [4.78, 5) is 28.1. The maximum atomic E-state index is 12.2. The number of rotatable bonds is 5. The van der Waals surface area contributed by atoms with Crippen molar-refractivity contribution in [1.82, 2.24) is 24.6 Å². The third kappa shape index (κ3) is 2.85. The first-order valence-electron chi connectivity index (χ1n) is 6.18. The third-order valence-corrected chi connectivity index (χ3v) is 2.86. The summed E-state index contributed by atoms with van der Waals surface area (Å²) in [5, 5.41) is 7.11. The van der Waals surface area contributed by atoms with Gasteiger partial charge in [-0.2, -0.15) is 5.10 Å². The van der Waals surface area contributed by atoms with Crippen LogP contribution in [0.4, 0.5) is 0 Å². The Hall–Kier alpha value is -2.22. The van der Waals surface area contributed by atoms with Crippen LogP contribution < -0.4 is 10.9 Å². The summed E-state index contributed by atoms with van der Waals surface area (Å²) in [6, 6.07) is -0.113. The molecule has 0 aromatic carbocycles. The standard InChI is InChI=1S/C12H17N5O3/c1-8(6-20-3)15-10(18)5-17-7-13-11-9(12(17)19)4-14-16(11)2/h4,7-8H,5-6H2,1-3H3,(H,15,18)/t8-/m1/s1. The Morgan fingerprint density at radius 1 is 1.55 bits per heavy atom. The maximum Gasteiger partial charge on any atom is 0.264 e. The Balaban J connectivity index is 2.16. The topological polar surface area (TPSA) is 91.0 Å². The molecule has 8 nitrogen and oxygen atoms in total. The van der Waals surface area contributed by atoms with Gasteiger partial charge in [0.05, 0.1) is 12.8 Å². The molecular weight excluding hydrogens is 262 g/mol. The second kappa shape index (κ2) is 5.83. The van der Waals surface area contributed by atoms with E-state index in [1.54, 1.807) is 14.2 Å². The van der Waals surface area contributed by atoms with Gasteiger partial charge in [0.1, 0.15) is 18.3 Å². The first kappa shape index (κ1) is 14.2. The molecule has 20 heavy (non-hydrogen) atoms. The van der Waals surface area contributed by atoms with Crippen LogP contribution >= 0.6 is 0 Å². The number of fused-ring (bicyclic) bond motifs is 1. The van der Waals surface area contributed by atoms with Crippen molar-refractivity contribution in [3.05, 3.63) is 22.9 Å². The van der Waals surface area contributed by atoms with Gasteiger partial charge in [0.15, 0.2) is 5.65 Å². The molecule has 0 saturated heterocycles. The van der Waals surface area contributed by atoms with E-state index in [0.29, 0.717) is 17.6 Å². The molecule has 2 heterocycles. The minimum absolute atomic E-state index is 0.0786. The van der Waals surface area contributed by atoms with Crippen LogP contribution in [-0.4, -0.2) is 45.0 Å². The van der Waals surface area contributed by atoms with E-state index in [2.05, 4.69) is 15.4 Å². The molecule has 2 aromatic heterocycles. The second-order valence-electron chi connectivity index (χ2n) is 4.61. The van der Waals surface area contributed by atoms with Gasteiger partial charge >= 0.3 is 0 Å². The number of amides is 1. The lowest BCUT2D eigenvalue weighted by molar-refractivity contribution is -0.122. The molecule has 0 aliphatic rings. The minimum atomic E-state index is -0.280. The van der Waals surface area contributed by atoms with Gasteiger partial charge in [-0.1, -0.05) is 0 Å². The molecule has 0 fully saturated rings. The summed E-state index contributed by atoms with van der Waals surface area (Å²) in [5.41, 5.74) is 0.219. The Morgan fingerprint density at radius 3 is 3.00 bits per heavy atom. The van der Waals surface area contributed by atoms with Crippen LogP contribution in [0.1, 0.15) is 6.92 Å². The van der Waals surface area contributed by atoms with E-state index in [-0.39, 0.29) is 24.1 Å². The van der Waals surface area contributed by atoms with Gasteiger partial charge in [-0.25, -0.2) is 4.98 Å². The molecule has 0 aliphatic heterocycles. The number of aryl methyl sites for hydroxylation is 1. The molecule has 0 saturated carbocycles. The summed E-state index contributed by atoms with van der Waals surface area (Å²) in [5.74, 6) is -0.262. The number of hydrogen-bond acceptors (Lipinski definition) is 5. The van der Waals surface area contributed by atoms with Crippen molar-refractivity contribution in [2.75, 3.05) is 13.7 Å². The van der Waals surface area contributed by atoms with Crippen molar-refractivity contribution in [2.45, 2.75) is 19.5 Å². The second-order valence-corrected chi connectivity index (χ2v) is 4.61. The van der Waals surface area contributed by atoms with Crippen molar-refractivity contribution in [3.63, 3.8) is 0 Å².